The number of hydrogen-bond donors (Lipinski definition) is 1. The molecule has 1 aromatic rings. The Labute approximate surface area is 109 Å². The molecule has 1 aliphatic heterocycles. The third-order valence-electron chi connectivity index (χ3n) is 3.10. The molecule has 18 heavy (non-hydrogen) atoms. The van der Waals surface area contributed by atoms with Crippen molar-refractivity contribution in [2.45, 2.75) is 45.4 Å². The van der Waals surface area contributed by atoms with E-state index in [1.165, 1.54) is 0 Å². The van der Waals surface area contributed by atoms with Crippen molar-refractivity contribution in [3.05, 3.63) is 24.0 Å². The van der Waals surface area contributed by atoms with Crippen LogP contribution < -0.4 is 10.6 Å². The summed E-state index contributed by atoms with van der Waals surface area (Å²) in [6, 6.07) is 4.05. The van der Waals surface area contributed by atoms with Crippen molar-refractivity contribution in [3.8, 4) is 0 Å². The highest BCUT2D eigenvalue weighted by molar-refractivity contribution is 5.51. The van der Waals surface area contributed by atoms with Crippen molar-refractivity contribution < 1.29 is 4.74 Å². The van der Waals surface area contributed by atoms with Crippen LogP contribution in [0.4, 0.5) is 5.69 Å². The van der Waals surface area contributed by atoms with E-state index in [0.29, 0.717) is 6.54 Å². The van der Waals surface area contributed by atoms with E-state index in [2.05, 4.69) is 43.6 Å². The Morgan fingerprint density at radius 2 is 1.89 bits per heavy atom. The number of rotatable bonds is 2. The van der Waals surface area contributed by atoms with Crippen LogP contribution in [0.25, 0.3) is 0 Å². The first-order valence-electron chi connectivity index (χ1n) is 6.42. The van der Waals surface area contributed by atoms with E-state index >= 15 is 0 Å². The third-order valence-corrected chi connectivity index (χ3v) is 3.10. The third kappa shape index (κ3) is 2.82. The highest BCUT2D eigenvalue weighted by atomic mass is 16.5. The number of pyridine rings is 1. The molecule has 1 aliphatic rings. The number of aromatic nitrogens is 1. The zero-order valence-corrected chi connectivity index (χ0v) is 11.7. The fourth-order valence-corrected chi connectivity index (χ4v) is 2.83. The molecule has 0 radical (unpaired) electrons. The maximum atomic E-state index is 6.09. The molecule has 0 atom stereocenters. The van der Waals surface area contributed by atoms with Crippen LogP contribution in [0.15, 0.2) is 18.3 Å². The van der Waals surface area contributed by atoms with Crippen LogP contribution in [0.3, 0.4) is 0 Å². The van der Waals surface area contributed by atoms with Crippen LogP contribution >= 0.6 is 0 Å². The summed E-state index contributed by atoms with van der Waals surface area (Å²) in [6.45, 7) is 10.7. The van der Waals surface area contributed by atoms with Gasteiger partial charge in [-0.1, -0.05) is 0 Å². The molecular formula is C14H23N3O. The Kier molecular flexibility index (Phi) is 3.34. The average molecular weight is 249 g/mol. The number of morpholine rings is 1. The molecule has 1 fully saturated rings. The minimum atomic E-state index is -0.163. The second-order valence-corrected chi connectivity index (χ2v) is 6.15. The predicted octanol–water partition coefficient (Wildman–Crippen LogP) is 1.93. The molecule has 0 amide bonds. The first-order valence-corrected chi connectivity index (χ1v) is 6.42. The summed E-state index contributed by atoms with van der Waals surface area (Å²) in [5.41, 5.74) is 7.52. The minimum Gasteiger partial charge on any atom is -0.366 e. The van der Waals surface area contributed by atoms with Gasteiger partial charge in [-0.15, -0.1) is 0 Å². The van der Waals surface area contributed by atoms with Gasteiger partial charge in [0.15, 0.2) is 0 Å². The molecule has 4 heteroatoms. The summed E-state index contributed by atoms with van der Waals surface area (Å²) in [5, 5.41) is 0. The summed E-state index contributed by atoms with van der Waals surface area (Å²) < 4.78 is 6.09. The van der Waals surface area contributed by atoms with Gasteiger partial charge in [-0.25, -0.2) is 0 Å². The Hall–Kier alpha value is -1.13. The van der Waals surface area contributed by atoms with Crippen LogP contribution in [0, 0.1) is 0 Å². The molecule has 4 nitrogen and oxygen atoms in total. The van der Waals surface area contributed by atoms with E-state index in [1.54, 1.807) is 6.20 Å². The quantitative estimate of drug-likeness (QED) is 0.870. The van der Waals surface area contributed by atoms with Gasteiger partial charge in [0.05, 0.1) is 22.6 Å². The van der Waals surface area contributed by atoms with Gasteiger partial charge < -0.3 is 15.4 Å². The van der Waals surface area contributed by atoms with Gasteiger partial charge in [-0.2, -0.15) is 0 Å². The minimum absolute atomic E-state index is 0.163. The SMILES string of the molecule is CC1(C)CN(c2cccnc2CN)CC(C)(C)O1. The van der Waals surface area contributed by atoms with E-state index in [1.807, 2.05) is 6.07 Å². The number of anilines is 1. The molecule has 0 bridgehead atoms. The second kappa shape index (κ2) is 4.52. The fraction of sp³-hybridized carbons (Fsp3) is 0.643. The molecule has 1 saturated heterocycles. The fourth-order valence-electron chi connectivity index (χ4n) is 2.83. The molecule has 0 unspecified atom stereocenters. The van der Waals surface area contributed by atoms with Crippen molar-refractivity contribution in [2.24, 2.45) is 5.73 Å². The molecular weight excluding hydrogens is 226 g/mol. The molecule has 2 N–H and O–H groups in total. The first-order chi connectivity index (χ1) is 8.33. The van der Waals surface area contributed by atoms with E-state index in [0.717, 1.165) is 24.5 Å². The molecule has 2 rings (SSSR count). The lowest BCUT2D eigenvalue weighted by atomic mass is 9.98. The number of hydrogen-bond acceptors (Lipinski definition) is 4. The highest BCUT2D eigenvalue weighted by Gasteiger charge is 2.38. The van der Waals surface area contributed by atoms with Gasteiger partial charge in [0.1, 0.15) is 0 Å². The van der Waals surface area contributed by atoms with E-state index < -0.39 is 0 Å². The zero-order chi connectivity index (χ0) is 13.4. The number of nitrogens with two attached hydrogens (primary N) is 1. The van der Waals surface area contributed by atoms with Crippen molar-refractivity contribution in [1.82, 2.24) is 4.98 Å². The Bertz CT molecular complexity index is 413. The molecule has 2 heterocycles. The maximum Gasteiger partial charge on any atom is 0.0808 e. The van der Waals surface area contributed by atoms with Crippen molar-refractivity contribution >= 4 is 5.69 Å². The topological polar surface area (TPSA) is 51.4 Å². The predicted molar refractivity (Wildman–Crippen MR) is 73.6 cm³/mol. The monoisotopic (exact) mass is 249 g/mol. The van der Waals surface area contributed by atoms with Crippen LogP contribution in [0.2, 0.25) is 0 Å². The van der Waals surface area contributed by atoms with Crippen molar-refractivity contribution in [2.75, 3.05) is 18.0 Å². The van der Waals surface area contributed by atoms with Gasteiger partial charge in [-0.05, 0) is 39.8 Å². The highest BCUT2D eigenvalue weighted by Crippen LogP contribution is 2.32. The van der Waals surface area contributed by atoms with Crippen LogP contribution in [0.5, 0.6) is 0 Å². The van der Waals surface area contributed by atoms with Gasteiger partial charge in [0.25, 0.3) is 0 Å². The molecule has 0 aliphatic carbocycles. The van der Waals surface area contributed by atoms with Gasteiger partial charge in [-0.3, -0.25) is 4.98 Å². The van der Waals surface area contributed by atoms with Gasteiger partial charge in [0.2, 0.25) is 0 Å². The first kappa shape index (κ1) is 13.3. The van der Waals surface area contributed by atoms with Crippen LogP contribution in [-0.2, 0) is 11.3 Å². The Balaban J connectivity index is 2.32. The number of ether oxygens (including phenoxy) is 1. The largest absolute Gasteiger partial charge is 0.366 e. The van der Waals surface area contributed by atoms with Crippen LogP contribution in [0.1, 0.15) is 33.4 Å². The van der Waals surface area contributed by atoms with E-state index in [9.17, 15) is 0 Å². The number of nitrogens with zero attached hydrogens (tertiary/aromatic N) is 2. The lowest BCUT2D eigenvalue weighted by molar-refractivity contribution is -0.133. The molecule has 1 aromatic heterocycles. The molecule has 0 saturated carbocycles. The average Bonchev–Trinajstić information content (AvgIpc) is 2.24. The lowest BCUT2D eigenvalue weighted by Crippen LogP contribution is -2.57. The summed E-state index contributed by atoms with van der Waals surface area (Å²) in [7, 11) is 0. The summed E-state index contributed by atoms with van der Waals surface area (Å²) >= 11 is 0. The smallest absolute Gasteiger partial charge is 0.0808 e. The van der Waals surface area contributed by atoms with E-state index in [4.69, 9.17) is 10.5 Å². The van der Waals surface area contributed by atoms with Gasteiger partial charge >= 0.3 is 0 Å². The second-order valence-electron chi connectivity index (χ2n) is 6.15. The van der Waals surface area contributed by atoms with E-state index in [-0.39, 0.29) is 11.2 Å². The Morgan fingerprint density at radius 3 is 2.44 bits per heavy atom. The van der Waals surface area contributed by atoms with Crippen molar-refractivity contribution in [1.29, 1.82) is 0 Å². The normalized spacial score (nSPS) is 21.9. The molecule has 100 valence electrons. The summed E-state index contributed by atoms with van der Waals surface area (Å²) in [6.07, 6.45) is 1.79. The lowest BCUT2D eigenvalue weighted by Gasteiger charge is -2.48. The Morgan fingerprint density at radius 1 is 1.28 bits per heavy atom. The summed E-state index contributed by atoms with van der Waals surface area (Å²) in [4.78, 5) is 6.69. The molecule has 0 aromatic carbocycles. The standard InChI is InChI=1S/C14H23N3O/c1-13(2)9-17(10-14(3,4)18-13)12-6-5-7-16-11(12)8-15/h5-7H,8-10,15H2,1-4H3. The maximum absolute atomic E-state index is 6.09. The summed E-state index contributed by atoms with van der Waals surface area (Å²) in [5.74, 6) is 0. The molecule has 0 spiro atoms. The zero-order valence-electron chi connectivity index (χ0n) is 11.7. The van der Waals surface area contributed by atoms with Crippen LogP contribution in [-0.4, -0.2) is 29.3 Å². The van der Waals surface area contributed by atoms with Gasteiger partial charge in [0, 0.05) is 25.8 Å². The van der Waals surface area contributed by atoms with Crippen molar-refractivity contribution in [3.63, 3.8) is 0 Å².